The van der Waals surface area contributed by atoms with Gasteiger partial charge in [-0.25, -0.2) is 0 Å². The monoisotopic (exact) mass is 714 g/mol. The molecule has 10 aliphatic rings. The van der Waals surface area contributed by atoms with Crippen LogP contribution in [0, 0.1) is 17.8 Å². The van der Waals surface area contributed by atoms with E-state index in [1.165, 1.54) is 0 Å². The molecule has 19 atom stereocenters. The van der Waals surface area contributed by atoms with Crippen molar-refractivity contribution in [2.75, 3.05) is 6.61 Å². The molecule has 10 rings (SSSR count). The molecule has 0 radical (unpaired) electrons. The Hall–Kier alpha value is -1.25. The number of hydrogen-bond acceptors (Lipinski definition) is 11. The van der Waals surface area contributed by atoms with E-state index in [2.05, 4.69) is 27.0 Å². The zero-order valence-corrected chi connectivity index (χ0v) is 30.3. The summed E-state index contributed by atoms with van der Waals surface area (Å²) in [6.07, 6.45) is 5.65. The lowest BCUT2D eigenvalue weighted by Gasteiger charge is -2.47. The molecule has 0 aromatic heterocycles. The van der Waals surface area contributed by atoms with Gasteiger partial charge in [-0.2, -0.15) is 0 Å². The molecule has 51 heavy (non-hydrogen) atoms. The smallest absolute Gasteiger partial charge is 0.172 e. The minimum atomic E-state index is -0.872. The fourth-order valence-electron chi connectivity index (χ4n) is 11.3. The van der Waals surface area contributed by atoms with Crippen LogP contribution in [-0.4, -0.2) is 120 Å². The Labute approximate surface area is 301 Å². The van der Waals surface area contributed by atoms with Crippen molar-refractivity contribution in [2.45, 2.75) is 195 Å². The van der Waals surface area contributed by atoms with Gasteiger partial charge in [0.1, 0.15) is 36.3 Å². The van der Waals surface area contributed by atoms with Gasteiger partial charge in [-0.1, -0.05) is 27.0 Å². The lowest BCUT2D eigenvalue weighted by molar-refractivity contribution is -0.292. The van der Waals surface area contributed by atoms with Gasteiger partial charge in [0.2, 0.25) is 0 Å². The highest BCUT2D eigenvalue weighted by atomic mass is 16.8. The van der Waals surface area contributed by atoms with Crippen LogP contribution in [-0.2, 0) is 42.7 Å². The molecule has 10 saturated heterocycles. The van der Waals surface area contributed by atoms with Gasteiger partial charge in [-0.3, -0.25) is 4.79 Å². The van der Waals surface area contributed by atoms with E-state index in [0.29, 0.717) is 44.4 Å². The Kier molecular flexibility index (Phi) is 9.59. The van der Waals surface area contributed by atoms with Gasteiger partial charge in [0, 0.05) is 38.5 Å². The third kappa shape index (κ3) is 6.53. The number of aliphatic hydroxyl groups excluding tert-OH is 2. The molecular weight excluding hydrogens is 656 g/mol. The summed E-state index contributed by atoms with van der Waals surface area (Å²) < 4.78 is 53.9. The summed E-state index contributed by atoms with van der Waals surface area (Å²) >= 11 is 0. The van der Waals surface area contributed by atoms with Crippen molar-refractivity contribution < 1.29 is 52.9 Å². The van der Waals surface area contributed by atoms with Gasteiger partial charge < -0.3 is 48.1 Å². The molecular formula is C40H58O11. The molecule has 10 heterocycles. The zero-order chi connectivity index (χ0) is 35.2. The molecule has 0 amide bonds. The second-order valence-corrected chi connectivity index (χ2v) is 17.5. The second kappa shape index (κ2) is 13.8. The maximum absolute atomic E-state index is 14.0. The van der Waals surface area contributed by atoms with Crippen LogP contribution in [0.25, 0.3) is 0 Å². The van der Waals surface area contributed by atoms with Crippen LogP contribution in [0.2, 0.25) is 0 Å². The molecule has 10 aliphatic heterocycles. The predicted octanol–water partition coefficient (Wildman–Crippen LogP) is 4.09. The Bertz CT molecular complexity index is 1360. The summed E-state index contributed by atoms with van der Waals surface area (Å²) in [5.74, 6) is -0.367. The quantitative estimate of drug-likeness (QED) is 0.410. The average Bonchev–Trinajstić information content (AvgIpc) is 3.77. The van der Waals surface area contributed by atoms with Crippen LogP contribution < -0.4 is 0 Å². The topological polar surface area (TPSA) is 131 Å². The van der Waals surface area contributed by atoms with Gasteiger partial charge in [0.05, 0.1) is 67.6 Å². The third-order valence-corrected chi connectivity index (χ3v) is 14.1. The molecule has 1 spiro atoms. The second-order valence-electron chi connectivity index (χ2n) is 17.5. The lowest BCUT2D eigenvalue weighted by atomic mass is 9.79. The van der Waals surface area contributed by atoms with E-state index in [9.17, 15) is 15.0 Å². The maximum Gasteiger partial charge on any atom is 0.172 e. The highest BCUT2D eigenvalue weighted by Crippen LogP contribution is 2.54. The average molecular weight is 715 g/mol. The molecule has 12 bridgehead atoms. The zero-order valence-electron chi connectivity index (χ0n) is 30.3. The van der Waals surface area contributed by atoms with E-state index in [1.807, 2.05) is 0 Å². The first kappa shape index (κ1) is 35.5. The predicted molar refractivity (Wildman–Crippen MR) is 183 cm³/mol. The van der Waals surface area contributed by atoms with Crippen LogP contribution in [0.1, 0.15) is 97.3 Å². The largest absolute Gasteiger partial charge is 0.394 e. The molecule has 11 heteroatoms. The van der Waals surface area contributed by atoms with E-state index in [-0.39, 0.29) is 110 Å². The van der Waals surface area contributed by atoms with Crippen LogP contribution >= 0.6 is 0 Å². The highest BCUT2D eigenvalue weighted by molar-refractivity contribution is 5.79. The Morgan fingerprint density at radius 1 is 0.745 bits per heavy atom. The number of Topliss-reactive ketones (excluding diaryl/α,β-unsaturated/α-hetero) is 1. The Morgan fingerprint density at radius 3 is 2.33 bits per heavy atom. The van der Waals surface area contributed by atoms with Crippen LogP contribution in [0.4, 0.5) is 0 Å². The summed E-state index contributed by atoms with van der Waals surface area (Å²) in [6, 6.07) is 0. The Balaban J connectivity index is 0.986. The van der Waals surface area contributed by atoms with Crippen molar-refractivity contribution in [3.63, 3.8) is 0 Å². The normalized spacial score (nSPS) is 53.2. The third-order valence-electron chi connectivity index (χ3n) is 14.1. The minimum Gasteiger partial charge on any atom is -0.394 e. The van der Waals surface area contributed by atoms with Crippen molar-refractivity contribution >= 4 is 5.78 Å². The van der Waals surface area contributed by atoms with Crippen LogP contribution in [0.5, 0.6) is 0 Å². The standard InChI is InChI=1S/C40H58O11/c1-19-11-25-5-7-29-20(2)12-27(44-29)9-10-40-17-34-36(50-40)37-38(49-34)39(51-40)35-30(48-37)8-6-26(46-35)13-23(42)14-28-22(4)31(15-24(43)18-41)47-33(28)16-32(45-25)21(19)3/h19,22,24-39,41,43H,2-3,5-18H2,1,4H3/t19-,22-,24+,25+,26?,27+,28-,29?,30+,31-,32-,33?,34-,35+,36+,37+,38-,39+,40?/m1/s1. The number of ether oxygens (including phenoxy) is 8. The molecule has 284 valence electrons. The van der Waals surface area contributed by atoms with Gasteiger partial charge in [-0.05, 0) is 73.8 Å². The molecule has 11 nitrogen and oxygen atoms in total. The summed E-state index contributed by atoms with van der Waals surface area (Å²) in [6.45, 7) is 12.9. The molecule has 2 N–H and O–H groups in total. The maximum atomic E-state index is 14.0. The first-order chi connectivity index (χ1) is 24.6. The molecule has 0 saturated carbocycles. The van der Waals surface area contributed by atoms with Crippen molar-refractivity contribution in [3.05, 3.63) is 24.3 Å². The Morgan fingerprint density at radius 2 is 1.49 bits per heavy atom. The molecule has 0 aliphatic carbocycles. The number of fused-ring (bicyclic) bond motifs is 6. The first-order valence-corrected chi connectivity index (χ1v) is 20.0. The van der Waals surface area contributed by atoms with Crippen molar-refractivity contribution in [1.82, 2.24) is 0 Å². The number of carbonyl (C=O) groups is 1. The van der Waals surface area contributed by atoms with E-state index < -0.39 is 11.9 Å². The van der Waals surface area contributed by atoms with E-state index >= 15 is 0 Å². The van der Waals surface area contributed by atoms with Gasteiger partial charge >= 0.3 is 0 Å². The van der Waals surface area contributed by atoms with Gasteiger partial charge in [0.25, 0.3) is 0 Å². The van der Waals surface area contributed by atoms with Gasteiger partial charge in [0.15, 0.2) is 5.79 Å². The molecule has 4 unspecified atom stereocenters. The van der Waals surface area contributed by atoms with Gasteiger partial charge in [-0.15, -0.1) is 0 Å². The lowest BCUT2D eigenvalue weighted by Crippen LogP contribution is -2.61. The fraction of sp³-hybridized carbons (Fsp3) is 0.875. The summed E-state index contributed by atoms with van der Waals surface area (Å²) in [5.41, 5.74) is 2.22. The summed E-state index contributed by atoms with van der Waals surface area (Å²) in [7, 11) is 0. The molecule has 0 aromatic carbocycles. The number of aliphatic hydroxyl groups is 2. The summed E-state index contributed by atoms with van der Waals surface area (Å²) in [5, 5.41) is 20.0. The fourth-order valence-corrected chi connectivity index (χ4v) is 11.3. The number of ketones is 1. The number of hydrogen-bond donors (Lipinski definition) is 2. The molecule has 10 fully saturated rings. The number of rotatable bonds is 3. The number of carbonyl (C=O) groups excluding carboxylic acids is 1. The van der Waals surface area contributed by atoms with E-state index in [4.69, 9.17) is 37.9 Å². The van der Waals surface area contributed by atoms with E-state index in [0.717, 1.165) is 56.1 Å². The van der Waals surface area contributed by atoms with E-state index in [1.54, 1.807) is 0 Å². The minimum absolute atomic E-state index is 0.00894. The summed E-state index contributed by atoms with van der Waals surface area (Å²) in [4.78, 5) is 14.0. The highest BCUT2D eigenvalue weighted by Gasteiger charge is 2.68. The van der Waals surface area contributed by atoms with Crippen molar-refractivity contribution in [3.8, 4) is 0 Å². The van der Waals surface area contributed by atoms with Crippen LogP contribution in [0.3, 0.4) is 0 Å². The first-order valence-electron chi connectivity index (χ1n) is 20.0. The van der Waals surface area contributed by atoms with Crippen molar-refractivity contribution in [2.24, 2.45) is 17.8 Å². The molecule has 0 aromatic rings. The SMILES string of the molecule is C=C1C[C@@H]2CCC34C[C@H]5O[C@H]6[C@@H](O3)[C@H]3OC(CC[C@@H]3O[C@H]6[C@H]5O4)CC(=O)C[C@H]3C(C[C@H]4O[C@@H](CCC1O2)C[C@@H](C)C4=C)O[C@H](C[C@H](O)CO)[C@@H]3C. The van der Waals surface area contributed by atoms with Crippen LogP contribution in [0.15, 0.2) is 24.3 Å². The van der Waals surface area contributed by atoms with Crippen molar-refractivity contribution in [1.29, 1.82) is 0 Å².